The molecule has 1 aromatic rings. The van der Waals surface area contributed by atoms with Crippen LogP contribution in [0, 0.1) is 6.92 Å². The fourth-order valence-electron chi connectivity index (χ4n) is 1.32. The highest BCUT2D eigenvalue weighted by Crippen LogP contribution is 1.95. The van der Waals surface area contributed by atoms with Crippen molar-refractivity contribution in [3.63, 3.8) is 0 Å². The summed E-state index contributed by atoms with van der Waals surface area (Å²) >= 11 is 0. The zero-order valence-corrected chi connectivity index (χ0v) is 9.41. The Morgan fingerprint density at radius 2 is 2.31 bits per heavy atom. The van der Waals surface area contributed by atoms with Crippen molar-refractivity contribution < 1.29 is 9.90 Å². The second kappa shape index (κ2) is 5.46. The molecule has 88 valence electrons. The van der Waals surface area contributed by atoms with Gasteiger partial charge in [-0.15, -0.1) is 0 Å². The highest BCUT2D eigenvalue weighted by Gasteiger charge is 2.12. The van der Waals surface area contributed by atoms with Crippen LogP contribution in [0.25, 0.3) is 0 Å². The van der Waals surface area contributed by atoms with Gasteiger partial charge in [-0.05, 0) is 20.3 Å². The van der Waals surface area contributed by atoms with Gasteiger partial charge in [-0.1, -0.05) is 0 Å². The van der Waals surface area contributed by atoms with Gasteiger partial charge in [-0.2, -0.15) is 0 Å². The van der Waals surface area contributed by atoms with Gasteiger partial charge in [0, 0.05) is 30.6 Å². The second-order valence-corrected chi connectivity index (χ2v) is 3.78. The van der Waals surface area contributed by atoms with E-state index in [2.05, 4.69) is 10.3 Å². The first kappa shape index (κ1) is 12.4. The van der Waals surface area contributed by atoms with Crippen LogP contribution in [0.4, 0.5) is 0 Å². The Labute approximate surface area is 93.5 Å². The maximum Gasteiger partial charge on any atom is 0.256 e. The van der Waals surface area contributed by atoms with Gasteiger partial charge >= 0.3 is 0 Å². The molecule has 0 aliphatic carbocycles. The van der Waals surface area contributed by atoms with Crippen LogP contribution in [0.5, 0.6) is 0 Å². The summed E-state index contributed by atoms with van der Waals surface area (Å²) in [6, 6.07) is 1.23. The van der Waals surface area contributed by atoms with Gasteiger partial charge in [0.15, 0.2) is 5.43 Å². The van der Waals surface area contributed by atoms with Crippen molar-refractivity contribution in [2.45, 2.75) is 26.3 Å². The molecule has 5 heteroatoms. The topological polar surface area (TPSA) is 82.2 Å². The third-order valence-electron chi connectivity index (χ3n) is 2.24. The number of aromatic amines is 1. The molecule has 1 atom stereocenters. The summed E-state index contributed by atoms with van der Waals surface area (Å²) in [5.41, 5.74) is 0.505. The van der Waals surface area contributed by atoms with Gasteiger partial charge in [0.25, 0.3) is 5.91 Å². The first-order chi connectivity index (χ1) is 7.54. The van der Waals surface area contributed by atoms with Gasteiger partial charge in [-0.3, -0.25) is 9.59 Å². The summed E-state index contributed by atoms with van der Waals surface area (Å²) in [6.07, 6.45) is 1.87. The summed E-state index contributed by atoms with van der Waals surface area (Å²) < 4.78 is 0. The summed E-state index contributed by atoms with van der Waals surface area (Å²) in [6.45, 7) is 3.53. The smallest absolute Gasteiger partial charge is 0.256 e. The van der Waals surface area contributed by atoms with E-state index in [1.54, 1.807) is 13.8 Å². The van der Waals surface area contributed by atoms with Gasteiger partial charge in [0.2, 0.25) is 0 Å². The molecular weight excluding hydrogens is 208 g/mol. The van der Waals surface area contributed by atoms with Crippen molar-refractivity contribution in [2.24, 2.45) is 0 Å². The molecule has 1 aromatic heterocycles. The van der Waals surface area contributed by atoms with E-state index in [0.717, 1.165) is 0 Å². The summed E-state index contributed by atoms with van der Waals surface area (Å²) in [7, 11) is 0. The quantitative estimate of drug-likeness (QED) is 0.682. The molecule has 16 heavy (non-hydrogen) atoms. The second-order valence-electron chi connectivity index (χ2n) is 3.78. The van der Waals surface area contributed by atoms with E-state index in [1.807, 2.05) is 0 Å². The average Bonchev–Trinajstić information content (AvgIpc) is 2.17. The van der Waals surface area contributed by atoms with E-state index in [-0.39, 0.29) is 23.6 Å². The average molecular weight is 224 g/mol. The van der Waals surface area contributed by atoms with Crippen LogP contribution in [0.15, 0.2) is 17.1 Å². The predicted molar refractivity (Wildman–Crippen MR) is 60.4 cm³/mol. The molecule has 1 rings (SSSR count). The maximum absolute atomic E-state index is 11.6. The normalized spacial score (nSPS) is 12.2. The molecule has 0 radical (unpaired) electrons. The van der Waals surface area contributed by atoms with Gasteiger partial charge in [0.05, 0.1) is 0 Å². The molecule has 1 amide bonds. The Morgan fingerprint density at radius 1 is 1.62 bits per heavy atom. The zero-order valence-electron chi connectivity index (χ0n) is 9.41. The monoisotopic (exact) mass is 224 g/mol. The van der Waals surface area contributed by atoms with Gasteiger partial charge < -0.3 is 15.4 Å². The van der Waals surface area contributed by atoms with Crippen molar-refractivity contribution in [2.75, 3.05) is 6.61 Å². The van der Waals surface area contributed by atoms with E-state index < -0.39 is 5.91 Å². The van der Waals surface area contributed by atoms with Crippen LogP contribution in [0.2, 0.25) is 0 Å². The Kier molecular flexibility index (Phi) is 4.25. The highest BCUT2D eigenvalue weighted by atomic mass is 16.3. The Morgan fingerprint density at radius 3 is 2.88 bits per heavy atom. The third-order valence-corrected chi connectivity index (χ3v) is 2.24. The Balaban J connectivity index is 2.77. The van der Waals surface area contributed by atoms with Crippen molar-refractivity contribution >= 4 is 5.91 Å². The van der Waals surface area contributed by atoms with E-state index in [0.29, 0.717) is 12.1 Å². The molecular formula is C11H16N2O3. The number of rotatable bonds is 4. The molecule has 0 aliphatic rings. The highest BCUT2D eigenvalue weighted by molar-refractivity contribution is 5.93. The van der Waals surface area contributed by atoms with Crippen molar-refractivity contribution in [3.8, 4) is 0 Å². The Hall–Kier alpha value is -1.62. The summed E-state index contributed by atoms with van der Waals surface area (Å²) in [5, 5.41) is 11.3. The number of aliphatic hydroxyl groups excluding tert-OH is 1. The molecule has 3 N–H and O–H groups in total. The van der Waals surface area contributed by atoms with Gasteiger partial charge in [0.1, 0.15) is 5.56 Å². The van der Waals surface area contributed by atoms with E-state index in [9.17, 15) is 9.59 Å². The molecule has 5 nitrogen and oxygen atoms in total. The summed E-state index contributed by atoms with van der Waals surface area (Å²) in [5.74, 6) is -0.415. The maximum atomic E-state index is 11.6. The Bertz CT molecular complexity index is 425. The number of nitrogens with one attached hydrogen (secondary N) is 2. The van der Waals surface area contributed by atoms with Crippen molar-refractivity contribution in [3.05, 3.63) is 33.7 Å². The number of carbonyl (C=O) groups excluding carboxylic acids is 1. The largest absolute Gasteiger partial charge is 0.396 e. The minimum Gasteiger partial charge on any atom is -0.396 e. The van der Waals surface area contributed by atoms with Crippen molar-refractivity contribution in [1.82, 2.24) is 10.3 Å². The lowest BCUT2D eigenvalue weighted by Gasteiger charge is -2.11. The van der Waals surface area contributed by atoms with Crippen molar-refractivity contribution in [1.29, 1.82) is 0 Å². The van der Waals surface area contributed by atoms with Crippen LogP contribution in [-0.2, 0) is 0 Å². The first-order valence-corrected chi connectivity index (χ1v) is 5.15. The number of aryl methyl sites for hydroxylation is 1. The standard InChI is InChI=1S/C11H16N2O3/c1-7(3-4-14)13-11(16)9-6-12-8(2)5-10(9)15/h5-7,14H,3-4H2,1-2H3,(H,12,15)(H,13,16). The SMILES string of the molecule is Cc1cc(=O)c(C(=O)NC(C)CCO)c[nH]1. The number of H-pyrrole nitrogens is 1. The number of aromatic nitrogens is 1. The first-order valence-electron chi connectivity index (χ1n) is 5.15. The van der Waals surface area contributed by atoms with E-state index in [4.69, 9.17) is 5.11 Å². The number of pyridine rings is 1. The molecule has 0 bridgehead atoms. The molecule has 1 heterocycles. The fourth-order valence-corrected chi connectivity index (χ4v) is 1.32. The minimum absolute atomic E-state index is 0.00566. The van der Waals surface area contributed by atoms with Crippen LogP contribution in [-0.4, -0.2) is 28.6 Å². The number of aliphatic hydroxyl groups is 1. The lowest BCUT2D eigenvalue weighted by atomic mass is 10.2. The molecule has 0 saturated carbocycles. The molecule has 0 spiro atoms. The van der Waals surface area contributed by atoms with E-state index >= 15 is 0 Å². The lowest BCUT2D eigenvalue weighted by Crippen LogP contribution is -2.35. The predicted octanol–water partition coefficient (Wildman–Crippen LogP) is 0.184. The van der Waals surface area contributed by atoms with Crippen LogP contribution in [0.1, 0.15) is 29.4 Å². The molecule has 0 fully saturated rings. The van der Waals surface area contributed by atoms with Crippen LogP contribution >= 0.6 is 0 Å². The number of hydrogen-bond acceptors (Lipinski definition) is 3. The fraction of sp³-hybridized carbons (Fsp3) is 0.455. The van der Waals surface area contributed by atoms with Crippen LogP contribution < -0.4 is 10.7 Å². The van der Waals surface area contributed by atoms with Crippen LogP contribution in [0.3, 0.4) is 0 Å². The molecule has 0 saturated heterocycles. The minimum atomic E-state index is -0.415. The zero-order chi connectivity index (χ0) is 12.1. The van der Waals surface area contributed by atoms with E-state index in [1.165, 1.54) is 12.3 Å². The summed E-state index contributed by atoms with van der Waals surface area (Å²) in [4.78, 5) is 26.0. The number of hydrogen-bond donors (Lipinski definition) is 3. The third kappa shape index (κ3) is 3.20. The van der Waals surface area contributed by atoms with Gasteiger partial charge in [-0.25, -0.2) is 0 Å². The molecule has 1 unspecified atom stereocenters. The molecule has 0 aliphatic heterocycles. The lowest BCUT2D eigenvalue weighted by molar-refractivity contribution is 0.0933. The number of carbonyl (C=O) groups is 1. The number of amides is 1. The molecule has 0 aromatic carbocycles.